The van der Waals surface area contributed by atoms with Crippen LogP contribution in [0.4, 0.5) is 0 Å². The molecule has 1 aromatic carbocycles. The first-order chi connectivity index (χ1) is 9.50. The van der Waals surface area contributed by atoms with Crippen LogP contribution in [-0.4, -0.2) is 20.7 Å². The van der Waals surface area contributed by atoms with Crippen molar-refractivity contribution in [2.45, 2.75) is 37.1 Å². The fourth-order valence-electron chi connectivity index (χ4n) is 1.97. The Morgan fingerprint density at radius 2 is 2.00 bits per heavy atom. The van der Waals surface area contributed by atoms with Gasteiger partial charge in [0.2, 0.25) is 5.91 Å². The van der Waals surface area contributed by atoms with Crippen molar-refractivity contribution < 1.29 is 4.79 Å². The predicted molar refractivity (Wildman–Crippen MR) is 82.2 cm³/mol. The third kappa shape index (κ3) is 3.04. The number of hydrogen-bond acceptors (Lipinski definition) is 3. The molecule has 1 unspecified atom stereocenters. The number of carbonyl (C=O) groups is 1. The monoisotopic (exact) mass is 289 g/mol. The molecule has 0 saturated carbocycles. The number of amides is 1. The third-order valence-corrected chi connectivity index (χ3v) is 4.21. The highest BCUT2D eigenvalue weighted by molar-refractivity contribution is 8.00. The smallest absolute Gasteiger partial charge is 0.230 e. The summed E-state index contributed by atoms with van der Waals surface area (Å²) >= 11 is 1.38. The molecule has 1 atom stereocenters. The number of rotatable bonds is 5. The van der Waals surface area contributed by atoms with E-state index in [1.807, 2.05) is 22.9 Å². The lowest BCUT2D eigenvalue weighted by Crippen LogP contribution is -2.23. The quantitative estimate of drug-likeness (QED) is 0.861. The second kappa shape index (κ2) is 6.13. The first-order valence-electron chi connectivity index (χ1n) is 6.59. The van der Waals surface area contributed by atoms with E-state index < -0.39 is 0 Å². The highest BCUT2D eigenvalue weighted by Gasteiger charge is 2.16. The Bertz CT molecular complexity index is 607. The maximum Gasteiger partial charge on any atom is 0.230 e. The van der Waals surface area contributed by atoms with Gasteiger partial charge in [0.05, 0.1) is 10.9 Å². The Morgan fingerprint density at radius 1 is 1.30 bits per heavy atom. The molecule has 1 amide bonds. The Balaban J connectivity index is 2.40. The minimum absolute atomic E-state index is 0.303. The minimum atomic E-state index is -0.332. The molecule has 2 N–H and O–H groups in total. The molecular formula is C15H19N3OS. The Kier molecular flexibility index (Phi) is 4.49. The highest BCUT2D eigenvalue weighted by atomic mass is 32.2. The number of nitrogens with zero attached hydrogens (tertiary/aromatic N) is 2. The molecule has 0 spiro atoms. The van der Waals surface area contributed by atoms with E-state index in [2.05, 4.69) is 31.0 Å². The zero-order valence-electron chi connectivity index (χ0n) is 11.9. The van der Waals surface area contributed by atoms with Gasteiger partial charge in [0.15, 0.2) is 5.16 Å². The summed E-state index contributed by atoms with van der Waals surface area (Å²) in [5, 5.41) is 0.478. The number of para-hydroxylation sites is 1. The van der Waals surface area contributed by atoms with Crippen molar-refractivity contribution in [3.63, 3.8) is 0 Å². The summed E-state index contributed by atoms with van der Waals surface area (Å²) in [5.41, 5.74) is 7.67. The SMILES string of the molecule is CC(Sc1nccn1-c1ccccc1C(C)C)C(N)=O. The van der Waals surface area contributed by atoms with Crippen LogP contribution in [0.25, 0.3) is 5.69 Å². The molecule has 20 heavy (non-hydrogen) atoms. The van der Waals surface area contributed by atoms with Crippen molar-refractivity contribution in [2.24, 2.45) is 5.73 Å². The van der Waals surface area contributed by atoms with Gasteiger partial charge in [0.1, 0.15) is 0 Å². The number of nitrogens with two attached hydrogens (primary N) is 1. The van der Waals surface area contributed by atoms with Gasteiger partial charge in [-0.3, -0.25) is 9.36 Å². The molecule has 1 heterocycles. The van der Waals surface area contributed by atoms with Gasteiger partial charge in [-0.05, 0) is 24.5 Å². The van der Waals surface area contributed by atoms with Gasteiger partial charge in [-0.2, -0.15) is 0 Å². The summed E-state index contributed by atoms with van der Waals surface area (Å²) in [7, 11) is 0. The Morgan fingerprint density at radius 3 is 2.65 bits per heavy atom. The lowest BCUT2D eigenvalue weighted by molar-refractivity contribution is -0.117. The van der Waals surface area contributed by atoms with Crippen molar-refractivity contribution >= 4 is 17.7 Å². The van der Waals surface area contributed by atoms with E-state index in [9.17, 15) is 4.79 Å². The van der Waals surface area contributed by atoms with Crippen molar-refractivity contribution in [2.75, 3.05) is 0 Å². The maximum absolute atomic E-state index is 11.2. The van der Waals surface area contributed by atoms with Crippen molar-refractivity contribution in [3.8, 4) is 5.69 Å². The second-order valence-corrected chi connectivity index (χ2v) is 6.26. The van der Waals surface area contributed by atoms with Gasteiger partial charge in [-0.1, -0.05) is 43.8 Å². The van der Waals surface area contributed by atoms with E-state index in [1.54, 1.807) is 13.1 Å². The zero-order valence-corrected chi connectivity index (χ0v) is 12.7. The van der Waals surface area contributed by atoms with Crippen molar-refractivity contribution in [1.29, 1.82) is 0 Å². The largest absolute Gasteiger partial charge is 0.369 e. The molecule has 1 aromatic heterocycles. The highest BCUT2D eigenvalue weighted by Crippen LogP contribution is 2.28. The third-order valence-electron chi connectivity index (χ3n) is 3.11. The van der Waals surface area contributed by atoms with Gasteiger partial charge >= 0.3 is 0 Å². The molecule has 0 aliphatic rings. The number of aromatic nitrogens is 2. The summed E-state index contributed by atoms with van der Waals surface area (Å²) in [6, 6.07) is 8.23. The molecule has 2 rings (SSSR count). The van der Waals surface area contributed by atoms with E-state index in [0.717, 1.165) is 10.8 Å². The van der Waals surface area contributed by atoms with Gasteiger partial charge in [-0.15, -0.1) is 0 Å². The normalized spacial score (nSPS) is 12.6. The van der Waals surface area contributed by atoms with Gasteiger partial charge in [-0.25, -0.2) is 4.98 Å². The molecule has 0 bridgehead atoms. The van der Waals surface area contributed by atoms with E-state index in [0.29, 0.717) is 5.92 Å². The van der Waals surface area contributed by atoms with E-state index >= 15 is 0 Å². The van der Waals surface area contributed by atoms with Crippen LogP contribution in [-0.2, 0) is 4.79 Å². The number of imidazole rings is 1. The molecule has 4 nitrogen and oxygen atoms in total. The van der Waals surface area contributed by atoms with Crippen LogP contribution in [0.15, 0.2) is 41.8 Å². The zero-order chi connectivity index (χ0) is 14.7. The second-order valence-electron chi connectivity index (χ2n) is 4.96. The van der Waals surface area contributed by atoms with Crippen LogP contribution >= 0.6 is 11.8 Å². The minimum Gasteiger partial charge on any atom is -0.369 e. The van der Waals surface area contributed by atoms with Crippen LogP contribution < -0.4 is 5.73 Å². The number of carbonyl (C=O) groups excluding carboxylic acids is 1. The summed E-state index contributed by atoms with van der Waals surface area (Å²) in [4.78, 5) is 15.5. The van der Waals surface area contributed by atoms with Crippen LogP contribution in [0.2, 0.25) is 0 Å². The Hall–Kier alpha value is -1.75. The number of hydrogen-bond donors (Lipinski definition) is 1. The number of primary amides is 1. The van der Waals surface area contributed by atoms with Crippen LogP contribution in [0.5, 0.6) is 0 Å². The molecule has 2 aromatic rings. The van der Waals surface area contributed by atoms with E-state index in [1.165, 1.54) is 17.3 Å². The standard InChI is InChI=1S/C15H19N3OS/c1-10(2)12-6-4-5-7-13(12)18-9-8-17-15(18)20-11(3)14(16)19/h4-11H,1-3H3,(H2,16,19). The topological polar surface area (TPSA) is 60.9 Å². The maximum atomic E-state index is 11.2. The first kappa shape index (κ1) is 14.7. The van der Waals surface area contributed by atoms with Crippen LogP contribution in [0.3, 0.4) is 0 Å². The molecule has 0 radical (unpaired) electrons. The average Bonchev–Trinajstić information content (AvgIpc) is 2.86. The lowest BCUT2D eigenvalue weighted by Gasteiger charge is -2.16. The number of benzene rings is 1. The summed E-state index contributed by atoms with van der Waals surface area (Å²) in [5.74, 6) is 0.0849. The molecule has 0 aliphatic carbocycles. The van der Waals surface area contributed by atoms with Crippen LogP contribution in [0, 0.1) is 0 Å². The van der Waals surface area contributed by atoms with Crippen LogP contribution in [0.1, 0.15) is 32.3 Å². The molecule has 5 heteroatoms. The Labute approximate surface area is 123 Å². The molecule has 0 saturated heterocycles. The fraction of sp³-hybridized carbons (Fsp3) is 0.333. The fourth-order valence-corrected chi connectivity index (χ4v) is 2.80. The van der Waals surface area contributed by atoms with Crippen molar-refractivity contribution in [3.05, 3.63) is 42.2 Å². The number of thioether (sulfide) groups is 1. The molecule has 106 valence electrons. The van der Waals surface area contributed by atoms with Crippen molar-refractivity contribution in [1.82, 2.24) is 9.55 Å². The van der Waals surface area contributed by atoms with Gasteiger partial charge in [0.25, 0.3) is 0 Å². The summed E-state index contributed by atoms with van der Waals surface area (Å²) < 4.78 is 2.01. The first-order valence-corrected chi connectivity index (χ1v) is 7.47. The summed E-state index contributed by atoms with van der Waals surface area (Å²) in [6.07, 6.45) is 3.66. The van der Waals surface area contributed by atoms with Gasteiger partial charge < -0.3 is 5.73 Å². The summed E-state index contributed by atoms with van der Waals surface area (Å²) in [6.45, 7) is 6.11. The average molecular weight is 289 g/mol. The van der Waals surface area contributed by atoms with Gasteiger partial charge in [0, 0.05) is 12.4 Å². The van der Waals surface area contributed by atoms with E-state index in [-0.39, 0.29) is 11.2 Å². The van der Waals surface area contributed by atoms with E-state index in [4.69, 9.17) is 5.73 Å². The molecular weight excluding hydrogens is 270 g/mol. The predicted octanol–water partition coefficient (Wildman–Crippen LogP) is 2.96. The lowest BCUT2D eigenvalue weighted by atomic mass is 10.0. The molecule has 0 aliphatic heterocycles. The molecule has 0 fully saturated rings.